The first-order valence-corrected chi connectivity index (χ1v) is 10.2. The van der Waals surface area contributed by atoms with Crippen LogP contribution in [0.3, 0.4) is 0 Å². The van der Waals surface area contributed by atoms with Crippen molar-refractivity contribution in [2.75, 3.05) is 38.1 Å². The number of nitrogens with one attached hydrogen (secondary N) is 1. The summed E-state index contributed by atoms with van der Waals surface area (Å²) in [6.45, 7) is 0.890. The van der Waals surface area contributed by atoms with Gasteiger partial charge in [-0.25, -0.2) is 8.42 Å². The maximum atomic E-state index is 13.0. The van der Waals surface area contributed by atoms with Gasteiger partial charge in [-0.05, 0) is 30.3 Å². The van der Waals surface area contributed by atoms with Crippen molar-refractivity contribution >= 4 is 27.5 Å². The molecule has 10 heteroatoms. The van der Waals surface area contributed by atoms with Gasteiger partial charge in [-0.2, -0.15) is 4.31 Å². The summed E-state index contributed by atoms with van der Waals surface area (Å²) in [6, 6.07) is 7.66. The number of piperazine rings is 1. The highest BCUT2D eigenvalue weighted by atomic mass is 32.2. The lowest BCUT2D eigenvalue weighted by Gasteiger charge is -2.34. The zero-order valence-electron chi connectivity index (χ0n) is 14.9. The number of sulfonamides is 1. The standard InChI is InChI=1S/C18H18N4O5S/c23-17-12-27-16-2-1-14(11-15(16)20-17)28(25,26)22-9-7-21(8-10-22)18(24)13-3-5-19-6-4-13/h1-6,11H,7-10,12H2,(H,20,23). The van der Waals surface area contributed by atoms with E-state index in [0.29, 0.717) is 30.1 Å². The van der Waals surface area contributed by atoms with Crippen molar-refractivity contribution in [3.8, 4) is 5.75 Å². The fourth-order valence-corrected chi connectivity index (χ4v) is 4.63. The summed E-state index contributed by atoms with van der Waals surface area (Å²) in [4.78, 5) is 29.6. The van der Waals surface area contributed by atoms with Crippen molar-refractivity contribution in [3.63, 3.8) is 0 Å². The van der Waals surface area contributed by atoms with E-state index < -0.39 is 10.0 Å². The third-order valence-electron chi connectivity index (χ3n) is 4.67. The molecule has 2 amide bonds. The van der Waals surface area contributed by atoms with Crippen LogP contribution in [0.5, 0.6) is 5.75 Å². The number of hydrogen-bond acceptors (Lipinski definition) is 6. The van der Waals surface area contributed by atoms with Gasteiger partial charge in [0, 0.05) is 44.1 Å². The lowest BCUT2D eigenvalue weighted by Crippen LogP contribution is -2.50. The minimum atomic E-state index is -3.75. The van der Waals surface area contributed by atoms with Gasteiger partial charge in [-0.1, -0.05) is 0 Å². The monoisotopic (exact) mass is 402 g/mol. The van der Waals surface area contributed by atoms with Crippen molar-refractivity contribution in [1.29, 1.82) is 0 Å². The van der Waals surface area contributed by atoms with Crippen LogP contribution in [0, 0.1) is 0 Å². The zero-order valence-corrected chi connectivity index (χ0v) is 15.7. The van der Waals surface area contributed by atoms with Crippen LogP contribution in [0.1, 0.15) is 10.4 Å². The number of aromatic nitrogens is 1. The number of carbonyl (C=O) groups is 2. The molecule has 1 aromatic carbocycles. The molecule has 1 fully saturated rings. The summed E-state index contributed by atoms with van der Waals surface area (Å²) < 4.78 is 32.5. The number of pyridine rings is 1. The Bertz CT molecular complexity index is 1020. The van der Waals surface area contributed by atoms with Gasteiger partial charge in [0.25, 0.3) is 11.8 Å². The molecule has 0 aliphatic carbocycles. The molecule has 0 radical (unpaired) electrons. The Balaban J connectivity index is 1.47. The minimum Gasteiger partial charge on any atom is -0.482 e. The first-order valence-electron chi connectivity index (χ1n) is 8.71. The average molecular weight is 402 g/mol. The van der Waals surface area contributed by atoms with Gasteiger partial charge < -0.3 is 15.0 Å². The Morgan fingerprint density at radius 1 is 1.07 bits per heavy atom. The molecule has 1 saturated heterocycles. The molecule has 1 N–H and O–H groups in total. The fraction of sp³-hybridized carbons (Fsp3) is 0.278. The molecule has 0 spiro atoms. The van der Waals surface area contributed by atoms with Crippen LogP contribution in [-0.2, 0) is 14.8 Å². The van der Waals surface area contributed by atoms with E-state index in [1.165, 1.54) is 22.5 Å². The van der Waals surface area contributed by atoms with Crippen LogP contribution in [-0.4, -0.2) is 67.2 Å². The van der Waals surface area contributed by atoms with Crippen molar-refractivity contribution in [3.05, 3.63) is 48.3 Å². The van der Waals surface area contributed by atoms with Crippen LogP contribution < -0.4 is 10.1 Å². The smallest absolute Gasteiger partial charge is 0.262 e. The Morgan fingerprint density at radius 3 is 2.50 bits per heavy atom. The average Bonchev–Trinajstić information content (AvgIpc) is 2.73. The van der Waals surface area contributed by atoms with Gasteiger partial charge in [0.15, 0.2) is 6.61 Å². The predicted molar refractivity (Wildman–Crippen MR) is 99.5 cm³/mol. The summed E-state index contributed by atoms with van der Waals surface area (Å²) >= 11 is 0. The fourth-order valence-electron chi connectivity index (χ4n) is 3.18. The number of hydrogen-bond donors (Lipinski definition) is 1. The van der Waals surface area contributed by atoms with E-state index in [2.05, 4.69) is 10.3 Å². The second-order valence-corrected chi connectivity index (χ2v) is 8.36. The molecule has 2 aromatic rings. The normalized spacial score (nSPS) is 17.4. The van der Waals surface area contributed by atoms with Crippen LogP contribution in [0.25, 0.3) is 0 Å². The van der Waals surface area contributed by atoms with E-state index in [1.807, 2.05) is 0 Å². The number of anilines is 1. The van der Waals surface area contributed by atoms with Crippen molar-refractivity contribution < 1.29 is 22.7 Å². The van der Waals surface area contributed by atoms with Crippen LogP contribution in [0.2, 0.25) is 0 Å². The maximum absolute atomic E-state index is 13.0. The molecule has 0 atom stereocenters. The van der Waals surface area contributed by atoms with E-state index in [4.69, 9.17) is 4.74 Å². The van der Waals surface area contributed by atoms with E-state index in [-0.39, 0.29) is 36.4 Å². The molecule has 0 saturated carbocycles. The minimum absolute atomic E-state index is 0.0750. The lowest BCUT2D eigenvalue weighted by atomic mass is 10.2. The van der Waals surface area contributed by atoms with Gasteiger partial charge in [-0.15, -0.1) is 0 Å². The quantitative estimate of drug-likeness (QED) is 0.804. The molecule has 146 valence electrons. The number of carbonyl (C=O) groups excluding carboxylic acids is 2. The second kappa shape index (κ2) is 7.21. The van der Waals surface area contributed by atoms with E-state index in [9.17, 15) is 18.0 Å². The largest absolute Gasteiger partial charge is 0.482 e. The van der Waals surface area contributed by atoms with E-state index in [0.717, 1.165) is 0 Å². The molecular weight excluding hydrogens is 384 g/mol. The number of benzene rings is 1. The Hall–Kier alpha value is -2.98. The Labute approximate surface area is 162 Å². The van der Waals surface area contributed by atoms with Crippen molar-refractivity contribution in [1.82, 2.24) is 14.2 Å². The third kappa shape index (κ3) is 3.43. The number of ether oxygens (including phenoxy) is 1. The summed E-state index contributed by atoms with van der Waals surface area (Å²) in [5.74, 6) is -0.0373. The van der Waals surface area contributed by atoms with Crippen LogP contribution >= 0.6 is 0 Å². The highest BCUT2D eigenvalue weighted by Gasteiger charge is 2.31. The summed E-state index contributed by atoms with van der Waals surface area (Å²) in [5.41, 5.74) is 0.862. The van der Waals surface area contributed by atoms with Crippen LogP contribution in [0.15, 0.2) is 47.6 Å². The molecule has 9 nitrogen and oxygen atoms in total. The number of rotatable bonds is 3. The topological polar surface area (TPSA) is 109 Å². The molecule has 0 unspecified atom stereocenters. The highest BCUT2D eigenvalue weighted by Crippen LogP contribution is 2.31. The van der Waals surface area contributed by atoms with Gasteiger partial charge >= 0.3 is 0 Å². The number of amides is 2. The van der Waals surface area contributed by atoms with Gasteiger partial charge in [0.2, 0.25) is 10.0 Å². The van der Waals surface area contributed by atoms with Gasteiger partial charge in [0.05, 0.1) is 10.6 Å². The lowest BCUT2D eigenvalue weighted by molar-refractivity contribution is -0.118. The van der Waals surface area contributed by atoms with Crippen molar-refractivity contribution in [2.45, 2.75) is 4.90 Å². The van der Waals surface area contributed by atoms with Gasteiger partial charge in [0.1, 0.15) is 5.75 Å². The predicted octanol–water partition coefficient (Wildman–Crippen LogP) is 0.559. The molecule has 0 bridgehead atoms. The highest BCUT2D eigenvalue weighted by molar-refractivity contribution is 7.89. The van der Waals surface area contributed by atoms with Crippen LogP contribution in [0.4, 0.5) is 5.69 Å². The molecule has 2 aliphatic heterocycles. The summed E-state index contributed by atoms with van der Waals surface area (Å²) in [5, 5.41) is 2.61. The summed E-state index contributed by atoms with van der Waals surface area (Å²) in [6.07, 6.45) is 3.10. The maximum Gasteiger partial charge on any atom is 0.262 e. The second-order valence-electron chi connectivity index (χ2n) is 6.43. The SMILES string of the molecule is O=C1COc2ccc(S(=O)(=O)N3CCN(C(=O)c4ccncc4)CC3)cc2N1. The van der Waals surface area contributed by atoms with E-state index in [1.54, 1.807) is 29.4 Å². The molecule has 28 heavy (non-hydrogen) atoms. The third-order valence-corrected chi connectivity index (χ3v) is 6.57. The molecule has 2 aliphatic rings. The van der Waals surface area contributed by atoms with Crippen molar-refractivity contribution in [2.24, 2.45) is 0 Å². The van der Waals surface area contributed by atoms with E-state index >= 15 is 0 Å². The molecular formula is C18H18N4O5S. The number of fused-ring (bicyclic) bond motifs is 1. The molecule has 1 aromatic heterocycles. The summed E-state index contributed by atoms with van der Waals surface area (Å²) in [7, 11) is -3.75. The first kappa shape index (κ1) is 18.4. The molecule has 4 rings (SSSR count). The number of nitrogens with zero attached hydrogens (tertiary/aromatic N) is 3. The van der Waals surface area contributed by atoms with Gasteiger partial charge in [-0.3, -0.25) is 14.6 Å². The Morgan fingerprint density at radius 2 is 1.79 bits per heavy atom. The Kier molecular flexibility index (Phi) is 4.73. The first-order chi connectivity index (χ1) is 13.4. The molecule has 3 heterocycles. The zero-order chi connectivity index (χ0) is 19.7.